The fraction of sp³-hybridized carbons (Fsp3) is 0. The fourth-order valence-corrected chi connectivity index (χ4v) is 0. The molecule has 24 valence electrons. The van der Waals surface area contributed by atoms with E-state index in [1.165, 1.54) is 0 Å². The van der Waals surface area contributed by atoms with Gasteiger partial charge >= 0.3 is 26.2 Å². The third kappa shape index (κ3) is 8.94. The molecule has 0 atom stereocenters. The van der Waals surface area contributed by atoms with Gasteiger partial charge in [0.15, 0.2) is 0 Å². The molecule has 0 aromatic carbocycles. The van der Waals surface area contributed by atoms with E-state index in [-0.39, 0.29) is 71.2 Å². The minimum Gasteiger partial charge on any atom is 0 e. The summed E-state index contributed by atoms with van der Waals surface area (Å²) >= 11 is 0. The first-order valence-electron chi connectivity index (χ1n) is 0. The Kier molecular flexibility index (Phi) is 176. The number of hydrogen-bond donors (Lipinski definition) is 0. The van der Waals surface area contributed by atoms with E-state index in [1.807, 2.05) is 0 Å². The van der Waals surface area contributed by atoms with E-state index in [0.29, 0.717) is 0 Å². The molecule has 4 heavy (non-hydrogen) atoms. The summed E-state index contributed by atoms with van der Waals surface area (Å²) in [6, 6.07) is 0. The van der Waals surface area contributed by atoms with Crippen LogP contribution in [0.5, 0.6) is 0 Å². The zero-order valence-corrected chi connectivity index (χ0v) is 11.7. The van der Waals surface area contributed by atoms with Gasteiger partial charge in [-0.05, 0) is 0 Å². The van der Waals surface area contributed by atoms with Crippen molar-refractivity contribution in [1.82, 2.24) is 0 Å². The Labute approximate surface area is 70.4 Å². The van der Waals surface area contributed by atoms with Gasteiger partial charge in [0.2, 0.25) is 0 Å². The van der Waals surface area contributed by atoms with Crippen LogP contribution < -0.4 is 0 Å². The smallest absolute Gasteiger partial charge is 0 e. The van der Waals surface area contributed by atoms with Crippen molar-refractivity contribution in [3.63, 3.8) is 0 Å². The Hall–Kier alpha value is 2.09. The Morgan fingerprint density at radius 3 is 1.00 bits per heavy atom. The molecule has 0 heterocycles. The molecule has 0 aliphatic heterocycles. The summed E-state index contributed by atoms with van der Waals surface area (Å²) in [4.78, 5) is 0. The van der Waals surface area contributed by atoms with Gasteiger partial charge in [-0.15, -0.1) is 0 Å². The number of hydrogen-bond acceptors (Lipinski definition) is 0. The van der Waals surface area contributed by atoms with E-state index in [2.05, 4.69) is 0 Å². The predicted molar refractivity (Wildman–Crippen MR) is 15.7 cm³/mol. The van der Waals surface area contributed by atoms with Crippen LogP contribution in [0.15, 0.2) is 0 Å². The second-order valence-electron chi connectivity index (χ2n) is 0. The van der Waals surface area contributed by atoms with Gasteiger partial charge in [-0.1, -0.05) is 0 Å². The fourth-order valence-electron chi connectivity index (χ4n) is 0. The summed E-state index contributed by atoms with van der Waals surface area (Å²) in [5, 5.41) is 0. The van der Waals surface area contributed by atoms with Crippen molar-refractivity contribution in [2.24, 2.45) is 0 Å². The van der Waals surface area contributed by atoms with Crippen LogP contribution in [-0.4, -0.2) is 34.6 Å². The predicted octanol–water partition coefficient (Wildman–Crippen LogP) is -1.57. The Morgan fingerprint density at radius 1 is 1.00 bits per heavy atom. The maximum absolute atomic E-state index is 0. The van der Waals surface area contributed by atoms with Gasteiger partial charge in [0.1, 0.15) is 0 Å². The first-order chi connectivity index (χ1) is 0. The van der Waals surface area contributed by atoms with Gasteiger partial charge in [0.25, 0.3) is 0 Å². The summed E-state index contributed by atoms with van der Waals surface area (Å²) in [6.07, 6.45) is 0. The van der Waals surface area contributed by atoms with Crippen LogP contribution in [0.25, 0.3) is 0 Å². The molecule has 0 saturated carbocycles. The van der Waals surface area contributed by atoms with E-state index in [4.69, 9.17) is 0 Å². The molecule has 0 saturated heterocycles. The van der Waals surface area contributed by atoms with Gasteiger partial charge in [-0.2, -0.15) is 0 Å². The van der Waals surface area contributed by atoms with Crippen molar-refractivity contribution in [2.45, 2.75) is 0 Å². The van der Waals surface area contributed by atoms with Crippen LogP contribution in [0.1, 0.15) is 0 Å². The molecule has 0 rings (SSSR count). The summed E-state index contributed by atoms with van der Waals surface area (Å²) in [5.74, 6) is 0. The SMILES string of the molecule is [B].[BiH3].[Cu].[Zn]. The molecule has 0 bridgehead atoms. The second-order valence-corrected chi connectivity index (χ2v) is 0. The molecule has 0 aliphatic rings. The molecule has 0 nitrogen and oxygen atoms in total. The van der Waals surface area contributed by atoms with Crippen molar-refractivity contribution >= 4 is 34.6 Å². The molecule has 0 amide bonds. The molecule has 4 radical (unpaired) electrons. The van der Waals surface area contributed by atoms with Crippen molar-refractivity contribution in [2.75, 3.05) is 0 Å². The summed E-state index contributed by atoms with van der Waals surface area (Å²) in [5.41, 5.74) is 0. The molecule has 0 spiro atoms. The third-order valence-corrected chi connectivity index (χ3v) is 0. The quantitative estimate of drug-likeness (QED) is 0.463. The molecular formula is H3BBiCuZn. The molecule has 0 N–H and O–H groups in total. The normalized spacial score (nSPS) is 0. The average Bonchev–Trinajstić information content (AvgIpc) is 0. The minimum atomic E-state index is 0. The maximum Gasteiger partial charge on any atom is 0 e. The van der Waals surface area contributed by atoms with Crippen LogP contribution in [-0.2, 0) is 36.5 Å². The van der Waals surface area contributed by atoms with Gasteiger partial charge in [0, 0.05) is 45.0 Å². The van der Waals surface area contributed by atoms with Crippen LogP contribution in [0.2, 0.25) is 0 Å². The van der Waals surface area contributed by atoms with Crippen LogP contribution in [0.3, 0.4) is 0 Å². The molecule has 4 heteroatoms. The van der Waals surface area contributed by atoms with Crippen molar-refractivity contribution < 1.29 is 36.5 Å². The average molecular weight is 352 g/mol. The van der Waals surface area contributed by atoms with E-state index >= 15 is 0 Å². The molecule has 0 aliphatic carbocycles. The third-order valence-electron chi connectivity index (χ3n) is 0. The van der Waals surface area contributed by atoms with Crippen LogP contribution >= 0.6 is 0 Å². The Bertz CT molecular complexity index is 8.00. The van der Waals surface area contributed by atoms with E-state index in [0.717, 1.165) is 0 Å². The standard InChI is InChI=1S/B.Bi.Cu.Zn.3H. The van der Waals surface area contributed by atoms with Gasteiger partial charge in [-0.25, -0.2) is 0 Å². The second kappa shape index (κ2) is 19.5. The molecular weight excluding hydrogens is 349 g/mol. The summed E-state index contributed by atoms with van der Waals surface area (Å²) in [6.45, 7) is 0. The Morgan fingerprint density at radius 2 is 1.00 bits per heavy atom. The van der Waals surface area contributed by atoms with Crippen molar-refractivity contribution in [1.29, 1.82) is 0 Å². The molecule has 0 unspecified atom stereocenters. The van der Waals surface area contributed by atoms with Crippen LogP contribution in [0.4, 0.5) is 0 Å². The van der Waals surface area contributed by atoms with E-state index in [1.54, 1.807) is 0 Å². The largest absolute Gasteiger partial charge is 0 e. The topological polar surface area (TPSA) is 0 Å². The first-order valence-corrected chi connectivity index (χ1v) is 0. The monoisotopic (exact) mass is 350 g/mol. The minimum absolute atomic E-state index is 0. The maximum atomic E-state index is 0. The van der Waals surface area contributed by atoms with Gasteiger partial charge in [0.05, 0.1) is 0 Å². The van der Waals surface area contributed by atoms with Gasteiger partial charge < -0.3 is 0 Å². The molecule has 0 aromatic heterocycles. The Balaban J connectivity index is 0. The number of rotatable bonds is 0. The molecule has 0 aromatic rings. The summed E-state index contributed by atoms with van der Waals surface area (Å²) in [7, 11) is 0. The van der Waals surface area contributed by atoms with Crippen LogP contribution in [0, 0.1) is 0 Å². The van der Waals surface area contributed by atoms with Crippen molar-refractivity contribution in [3.8, 4) is 0 Å². The zero-order chi connectivity index (χ0) is 0. The van der Waals surface area contributed by atoms with E-state index < -0.39 is 0 Å². The van der Waals surface area contributed by atoms with Gasteiger partial charge in [-0.3, -0.25) is 0 Å². The summed E-state index contributed by atoms with van der Waals surface area (Å²) < 4.78 is 0. The first kappa shape index (κ1) is 36.1. The van der Waals surface area contributed by atoms with E-state index in [9.17, 15) is 0 Å². The van der Waals surface area contributed by atoms with Crippen molar-refractivity contribution in [3.05, 3.63) is 0 Å². The zero-order valence-electron chi connectivity index (χ0n) is 2.29. The molecule has 0 fully saturated rings.